The largest absolute Gasteiger partial charge is 0.393 e. The normalized spacial score (nSPS) is 32.3. The molecule has 1 saturated carbocycles. The van der Waals surface area contributed by atoms with Gasteiger partial charge >= 0.3 is 0 Å². The Morgan fingerprint density at radius 2 is 1.59 bits per heavy atom. The summed E-state index contributed by atoms with van der Waals surface area (Å²) in [5, 5.41) is 13.1. The predicted molar refractivity (Wildman–Crippen MR) is 71.2 cm³/mol. The molecular weight excluding hydrogens is 212 g/mol. The quantitative estimate of drug-likeness (QED) is 0.786. The molecule has 0 atom stereocenters. The predicted octanol–water partition coefficient (Wildman–Crippen LogP) is 1.76. The summed E-state index contributed by atoms with van der Waals surface area (Å²) in [6.07, 6.45) is 9.87. The van der Waals surface area contributed by atoms with E-state index in [-0.39, 0.29) is 6.10 Å². The van der Waals surface area contributed by atoms with Gasteiger partial charge in [-0.3, -0.25) is 0 Å². The van der Waals surface area contributed by atoms with E-state index in [4.69, 9.17) is 0 Å². The summed E-state index contributed by atoms with van der Waals surface area (Å²) in [7, 11) is 0. The number of hydrogen-bond acceptors (Lipinski definition) is 3. The molecule has 3 heteroatoms. The van der Waals surface area contributed by atoms with Crippen molar-refractivity contribution in [1.29, 1.82) is 0 Å². The minimum Gasteiger partial charge on any atom is -0.393 e. The molecule has 1 heterocycles. The Hall–Kier alpha value is -0.120. The van der Waals surface area contributed by atoms with Crippen molar-refractivity contribution < 1.29 is 5.11 Å². The monoisotopic (exact) mass is 240 g/mol. The van der Waals surface area contributed by atoms with Crippen LogP contribution in [0, 0.1) is 0 Å². The molecule has 0 amide bonds. The first-order valence-electron chi connectivity index (χ1n) is 7.48. The fourth-order valence-electron chi connectivity index (χ4n) is 3.07. The highest BCUT2D eigenvalue weighted by Gasteiger charge is 2.18. The Bertz CT molecular complexity index is 194. The summed E-state index contributed by atoms with van der Waals surface area (Å²) in [5.74, 6) is 0. The minimum atomic E-state index is -0.0290. The third kappa shape index (κ3) is 4.94. The molecule has 100 valence electrons. The van der Waals surface area contributed by atoms with Crippen molar-refractivity contribution in [2.75, 3.05) is 26.2 Å². The van der Waals surface area contributed by atoms with Crippen molar-refractivity contribution in [3.8, 4) is 0 Å². The molecule has 2 N–H and O–H groups in total. The van der Waals surface area contributed by atoms with E-state index in [0.717, 1.165) is 32.2 Å². The molecule has 0 unspecified atom stereocenters. The number of nitrogens with zero attached hydrogens (tertiary/aromatic N) is 1. The second-order valence-electron chi connectivity index (χ2n) is 5.72. The molecule has 0 aromatic rings. The second kappa shape index (κ2) is 7.34. The fraction of sp³-hybridized carbons (Fsp3) is 1.00. The smallest absolute Gasteiger partial charge is 0.0541 e. The Balaban J connectivity index is 1.55. The van der Waals surface area contributed by atoms with Gasteiger partial charge in [0.15, 0.2) is 0 Å². The van der Waals surface area contributed by atoms with Crippen LogP contribution in [0.15, 0.2) is 0 Å². The van der Waals surface area contributed by atoms with Gasteiger partial charge in [0, 0.05) is 19.1 Å². The van der Waals surface area contributed by atoms with E-state index >= 15 is 0 Å². The zero-order chi connectivity index (χ0) is 11.9. The maximum atomic E-state index is 9.45. The first-order chi connectivity index (χ1) is 8.34. The standard InChI is InChI=1S/C14H28N2O/c17-14-7-5-13(6-8-14)15-9-12-16-10-3-1-2-4-11-16/h13-15,17H,1-12H2. The third-order valence-electron chi connectivity index (χ3n) is 4.26. The number of aliphatic hydroxyl groups is 1. The zero-order valence-electron chi connectivity index (χ0n) is 11.0. The Morgan fingerprint density at radius 3 is 2.24 bits per heavy atom. The van der Waals surface area contributed by atoms with Gasteiger partial charge in [0.25, 0.3) is 0 Å². The lowest BCUT2D eigenvalue weighted by atomic mass is 9.93. The lowest BCUT2D eigenvalue weighted by Crippen LogP contribution is -2.40. The van der Waals surface area contributed by atoms with Crippen molar-refractivity contribution in [3.63, 3.8) is 0 Å². The molecule has 2 aliphatic rings. The van der Waals surface area contributed by atoms with Crippen LogP contribution in [0.3, 0.4) is 0 Å². The van der Waals surface area contributed by atoms with Gasteiger partial charge in [-0.05, 0) is 51.6 Å². The summed E-state index contributed by atoms with van der Waals surface area (Å²) in [6.45, 7) is 4.93. The molecule has 3 nitrogen and oxygen atoms in total. The van der Waals surface area contributed by atoms with Gasteiger partial charge in [-0.2, -0.15) is 0 Å². The highest BCUT2D eigenvalue weighted by atomic mass is 16.3. The average Bonchev–Trinajstić information content (AvgIpc) is 2.60. The highest BCUT2D eigenvalue weighted by molar-refractivity contribution is 4.77. The molecule has 0 aromatic heterocycles. The maximum Gasteiger partial charge on any atom is 0.0541 e. The Kier molecular flexibility index (Phi) is 5.75. The van der Waals surface area contributed by atoms with Gasteiger partial charge in [0.2, 0.25) is 0 Å². The van der Waals surface area contributed by atoms with Crippen molar-refractivity contribution in [1.82, 2.24) is 10.2 Å². The molecule has 0 radical (unpaired) electrons. The fourth-order valence-corrected chi connectivity index (χ4v) is 3.07. The molecule has 1 aliphatic carbocycles. The first-order valence-corrected chi connectivity index (χ1v) is 7.48. The highest BCUT2D eigenvalue weighted by Crippen LogP contribution is 2.18. The van der Waals surface area contributed by atoms with Crippen LogP contribution in [0.2, 0.25) is 0 Å². The van der Waals surface area contributed by atoms with Crippen LogP contribution in [0.1, 0.15) is 51.4 Å². The van der Waals surface area contributed by atoms with Gasteiger partial charge in [0.1, 0.15) is 0 Å². The van der Waals surface area contributed by atoms with E-state index in [1.807, 2.05) is 0 Å². The summed E-state index contributed by atoms with van der Waals surface area (Å²) in [4.78, 5) is 2.61. The lowest BCUT2D eigenvalue weighted by molar-refractivity contribution is 0.116. The summed E-state index contributed by atoms with van der Waals surface area (Å²) < 4.78 is 0. The van der Waals surface area contributed by atoms with Crippen LogP contribution in [-0.2, 0) is 0 Å². The van der Waals surface area contributed by atoms with E-state index in [2.05, 4.69) is 10.2 Å². The molecule has 2 fully saturated rings. The minimum absolute atomic E-state index is 0.0290. The number of aliphatic hydroxyl groups excluding tert-OH is 1. The van der Waals surface area contributed by atoms with Crippen molar-refractivity contribution in [3.05, 3.63) is 0 Å². The van der Waals surface area contributed by atoms with Crippen LogP contribution in [0.4, 0.5) is 0 Å². The molecule has 0 aromatic carbocycles. The summed E-state index contributed by atoms with van der Waals surface area (Å²) in [6, 6.07) is 0.658. The molecule has 2 rings (SSSR count). The van der Waals surface area contributed by atoms with Crippen LogP contribution in [-0.4, -0.2) is 48.3 Å². The van der Waals surface area contributed by atoms with Gasteiger partial charge in [0.05, 0.1) is 6.10 Å². The van der Waals surface area contributed by atoms with Crippen LogP contribution in [0.25, 0.3) is 0 Å². The van der Waals surface area contributed by atoms with Gasteiger partial charge in [-0.1, -0.05) is 12.8 Å². The van der Waals surface area contributed by atoms with Crippen molar-refractivity contribution in [2.24, 2.45) is 0 Å². The Labute approximate surface area is 106 Å². The number of hydrogen-bond donors (Lipinski definition) is 2. The maximum absolute atomic E-state index is 9.45. The van der Waals surface area contributed by atoms with Gasteiger partial charge < -0.3 is 15.3 Å². The number of likely N-dealkylation sites (tertiary alicyclic amines) is 1. The van der Waals surface area contributed by atoms with Crippen LogP contribution >= 0.6 is 0 Å². The van der Waals surface area contributed by atoms with Crippen LogP contribution in [0.5, 0.6) is 0 Å². The van der Waals surface area contributed by atoms with Crippen molar-refractivity contribution in [2.45, 2.75) is 63.5 Å². The molecule has 17 heavy (non-hydrogen) atoms. The van der Waals surface area contributed by atoms with E-state index in [1.165, 1.54) is 45.3 Å². The molecule has 0 spiro atoms. The zero-order valence-corrected chi connectivity index (χ0v) is 11.0. The summed E-state index contributed by atoms with van der Waals surface area (Å²) >= 11 is 0. The number of nitrogens with one attached hydrogen (secondary N) is 1. The first kappa shape index (κ1) is 13.3. The summed E-state index contributed by atoms with van der Waals surface area (Å²) in [5.41, 5.74) is 0. The number of rotatable bonds is 4. The molecule has 1 saturated heterocycles. The van der Waals surface area contributed by atoms with Crippen molar-refractivity contribution >= 4 is 0 Å². The van der Waals surface area contributed by atoms with Gasteiger partial charge in [-0.15, -0.1) is 0 Å². The second-order valence-corrected chi connectivity index (χ2v) is 5.72. The Morgan fingerprint density at radius 1 is 0.941 bits per heavy atom. The van der Waals surface area contributed by atoms with Gasteiger partial charge in [-0.25, -0.2) is 0 Å². The van der Waals surface area contributed by atoms with E-state index < -0.39 is 0 Å². The third-order valence-corrected chi connectivity index (χ3v) is 4.26. The van der Waals surface area contributed by atoms with Crippen LogP contribution < -0.4 is 5.32 Å². The molecular formula is C14H28N2O. The molecule has 1 aliphatic heterocycles. The van der Waals surface area contributed by atoms with E-state index in [1.54, 1.807) is 0 Å². The molecule has 0 bridgehead atoms. The van der Waals surface area contributed by atoms with E-state index in [9.17, 15) is 5.11 Å². The topological polar surface area (TPSA) is 35.5 Å². The van der Waals surface area contributed by atoms with E-state index in [0.29, 0.717) is 6.04 Å². The SMILES string of the molecule is OC1CCC(NCCN2CCCCCC2)CC1. The lowest BCUT2D eigenvalue weighted by Gasteiger charge is -2.27. The average molecular weight is 240 g/mol.